The summed E-state index contributed by atoms with van der Waals surface area (Å²) in [5.41, 5.74) is 0.493. The van der Waals surface area contributed by atoms with Gasteiger partial charge in [0.1, 0.15) is 19.3 Å². The molecule has 0 amide bonds. The molecule has 2 rings (SSSR count). The van der Waals surface area contributed by atoms with E-state index in [1.165, 1.54) is 13.2 Å². The molecule has 0 aromatic heterocycles. The molecule has 0 unspecified atom stereocenters. The first-order valence-corrected chi connectivity index (χ1v) is 14.6. The Balaban J connectivity index is 2.19. The van der Waals surface area contributed by atoms with E-state index in [1.807, 2.05) is 19.9 Å². The fourth-order valence-corrected chi connectivity index (χ4v) is 4.78. The lowest BCUT2D eigenvalue weighted by Crippen LogP contribution is -2.46. The summed E-state index contributed by atoms with van der Waals surface area (Å²) in [6, 6.07) is 8.90. The number of benzene rings is 1. The number of esters is 1. The van der Waals surface area contributed by atoms with E-state index in [0.29, 0.717) is 12.0 Å². The third kappa shape index (κ3) is 8.43. The molecule has 3 atom stereocenters. The van der Waals surface area contributed by atoms with Gasteiger partial charge in [0, 0.05) is 13.5 Å². The Morgan fingerprint density at radius 2 is 1.79 bits per heavy atom. The number of ether oxygens (including phenoxy) is 4. The topological polar surface area (TPSA) is 80.3 Å². The van der Waals surface area contributed by atoms with Gasteiger partial charge >= 0.3 is 5.97 Å². The molecule has 0 radical (unpaired) electrons. The summed E-state index contributed by atoms with van der Waals surface area (Å²) in [6.45, 7) is 14.6. The molecule has 1 aliphatic heterocycles. The van der Waals surface area contributed by atoms with Gasteiger partial charge in [0.2, 0.25) is 0 Å². The number of hydrogen-bond acceptors (Lipinski definition) is 7. The molecular formula is C26H40O7Si. The Bertz CT molecular complexity index is 842. The van der Waals surface area contributed by atoms with E-state index in [1.54, 1.807) is 30.3 Å². The summed E-state index contributed by atoms with van der Waals surface area (Å²) < 4.78 is 29.4. The van der Waals surface area contributed by atoms with Gasteiger partial charge in [-0.05, 0) is 56.3 Å². The first kappa shape index (κ1) is 28.4. The highest BCUT2D eigenvalue weighted by Gasteiger charge is 2.44. The molecule has 0 bridgehead atoms. The molecule has 1 aromatic carbocycles. The van der Waals surface area contributed by atoms with Gasteiger partial charge in [-0.3, -0.25) is 4.79 Å². The van der Waals surface area contributed by atoms with E-state index in [0.717, 1.165) is 0 Å². The normalized spacial score (nSPS) is 21.5. The predicted molar refractivity (Wildman–Crippen MR) is 133 cm³/mol. The lowest BCUT2D eigenvalue weighted by Gasteiger charge is -2.39. The number of carbonyl (C=O) groups excluding carboxylic acids is 2. The molecular weight excluding hydrogens is 452 g/mol. The van der Waals surface area contributed by atoms with E-state index < -0.39 is 26.2 Å². The van der Waals surface area contributed by atoms with Crippen LogP contribution in [0.1, 0.15) is 51.4 Å². The van der Waals surface area contributed by atoms with Crippen molar-refractivity contribution in [2.75, 3.05) is 20.3 Å². The molecule has 34 heavy (non-hydrogen) atoms. The van der Waals surface area contributed by atoms with E-state index >= 15 is 0 Å². The number of methoxy groups -OCH3 is 1. The molecule has 8 heteroatoms. The highest BCUT2D eigenvalue weighted by molar-refractivity contribution is 6.74. The molecule has 190 valence electrons. The minimum Gasteiger partial charge on any atom is -0.459 e. The van der Waals surface area contributed by atoms with Crippen LogP contribution in [0.25, 0.3) is 0 Å². The molecule has 0 spiro atoms. The second-order valence-electron chi connectivity index (χ2n) is 10.6. The second kappa shape index (κ2) is 11.7. The van der Waals surface area contributed by atoms with Gasteiger partial charge in [0.05, 0.1) is 17.8 Å². The van der Waals surface area contributed by atoms with Crippen molar-refractivity contribution in [3.05, 3.63) is 48.0 Å². The van der Waals surface area contributed by atoms with Crippen LogP contribution in [0.5, 0.6) is 0 Å². The highest BCUT2D eigenvalue weighted by Crippen LogP contribution is 2.39. The molecule has 0 saturated carbocycles. The van der Waals surface area contributed by atoms with Gasteiger partial charge in [0.15, 0.2) is 19.9 Å². The predicted octanol–water partition coefficient (Wildman–Crippen LogP) is 4.92. The van der Waals surface area contributed by atoms with E-state index in [9.17, 15) is 9.59 Å². The molecule has 0 aliphatic carbocycles. The lowest BCUT2D eigenvalue weighted by atomic mass is 10.1. The van der Waals surface area contributed by atoms with Crippen molar-refractivity contribution in [2.24, 2.45) is 0 Å². The highest BCUT2D eigenvalue weighted by atomic mass is 28.4. The van der Waals surface area contributed by atoms with Crippen LogP contribution in [-0.4, -0.2) is 64.5 Å². The van der Waals surface area contributed by atoms with Crippen LogP contribution in [0.3, 0.4) is 0 Å². The van der Waals surface area contributed by atoms with Crippen molar-refractivity contribution in [3.8, 4) is 0 Å². The first-order valence-electron chi connectivity index (χ1n) is 11.7. The molecule has 1 fully saturated rings. The summed E-state index contributed by atoms with van der Waals surface area (Å²) >= 11 is 0. The SMILES string of the molecule is COCC(=O)/C=C/[C@H]1OC(C)(C)O[C@H]1C[C@@H](COC(=O)c1ccccc1)O[Si](C)(C)C(C)(C)C. The Kier molecular flexibility index (Phi) is 9.79. The van der Waals surface area contributed by atoms with Gasteiger partial charge in [-0.1, -0.05) is 39.0 Å². The third-order valence-electron chi connectivity index (χ3n) is 6.15. The maximum atomic E-state index is 12.6. The molecule has 1 aromatic rings. The Morgan fingerprint density at radius 1 is 1.15 bits per heavy atom. The fourth-order valence-electron chi connectivity index (χ4n) is 3.43. The molecule has 0 N–H and O–H groups in total. The lowest BCUT2D eigenvalue weighted by molar-refractivity contribution is -0.145. The zero-order valence-corrected chi connectivity index (χ0v) is 22.8. The average Bonchev–Trinajstić information content (AvgIpc) is 3.03. The van der Waals surface area contributed by atoms with Crippen molar-refractivity contribution in [1.29, 1.82) is 0 Å². The summed E-state index contributed by atoms with van der Waals surface area (Å²) in [5.74, 6) is -1.36. The minimum atomic E-state index is -2.17. The van der Waals surface area contributed by atoms with Gasteiger partial charge < -0.3 is 23.4 Å². The van der Waals surface area contributed by atoms with Gasteiger partial charge in [0.25, 0.3) is 0 Å². The largest absolute Gasteiger partial charge is 0.459 e. The minimum absolute atomic E-state index is 0.00465. The third-order valence-corrected chi connectivity index (χ3v) is 10.7. The smallest absolute Gasteiger partial charge is 0.338 e. The van der Waals surface area contributed by atoms with Crippen LogP contribution < -0.4 is 0 Å². The quantitative estimate of drug-likeness (QED) is 0.246. The van der Waals surface area contributed by atoms with Crippen molar-refractivity contribution in [1.82, 2.24) is 0 Å². The molecule has 1 heterocycles. The van der Waals surface area contributed by atoms with Gasteiger partial charge in [-0.15, -0.1) is 0 Å². The zero-order chi connectivity index (χ0) is 25.6. The van der Waals surface area contributed by atoms with Crippen molar-refractivity contribution < 1.29 is 33.0 Å². The Morgan fingerprint density at radius 3 is 2.38 bits per heavy atom. The van der Waals surface area contributed by atoms with Gasteiger partial charge in [-0.25, -0.2) is 4.79 Å². The number of hydrogen-bond donors (Lipinski definition) is 0. The number of rotatable bonds is 11. The van der Waals surface area contributed by atoms with Crippen LogP contribution in [0.4, 0.5) is 0 Å². The summed E-state index contributed by atoms with van der Waals surface area (Å²) in [7, 11) is -0.694. The summed E-state index contributed by atoms with van der Waals surface area (Å²) in [4.78, 5) is 24.5. The van der Waals surface area contributed by atoms with Crippen molar-refractivity contribution in [3.63, 3.8) is 0 Å². The van der Waals surface area contributed by atoms with Crippen LogP contribution >= 0.6 is 0 Å². The monoisotopic (exact) mass is 492 g/mol. The first-order chi connectivity index (χ1) is 15.7. The fraction of sp³-hybridized carbons (Fsp3) is 0.615. The Hall–Kier alpha value is -1.84. The molecule has 1 aliphatic rings. The second-order valence-corrected chi connectivity index (χ2v) is 15.4. The zero-order valence-electron chi connectivity index (χ0n) is 21.8. The van der Waals surface area contributed by atoms with Crippen LogP contribution in [0, 0.1) is 0 Å². The summed E-state index contributed by atoms with van der Waals surface area (Å²) in [5, 5.41) is -0.0210. The van der Waals surface area contributed by atoms with E-state index in [2.05, 4.69) is 33.9 Å². The maximum absolute atomic E-state index is 12.6. The average molecular weight is 493 g/mol. The number of ketones is 1. The van der Waals surface area contributed by atoms with E-state index in [4.69, 9.17) is 23.4 Å². The van der Waals surface area contributed by atoms with Crippen LogP contribution in [0.2, 0.25) is 18.1 Å². The van der Waals surface area contributed by atoms with Crippen LogP contribution in [0.15, 0.2) is 42.5 Å². The standard InChI is InChI=1S/C26H40O7Si/c1-25(2,3)34(7,8)33-21(18-30-24(28)19-12-10-9-11-13-19)16-23-22(31-26(4,5)32-23)15-14-20(27)17-29-6/h9-15,21-23H,16-18H2,1-8H3/b15-14+/t21-,22+,23-/m0/s1. The number of carbonyl (C=O) groups is 2. The van der Waals surface area contributed by atoms with Crippen molar-refractivity contribution >= 4 is 20.1 Å². The maximum Gasteiger partial charge on any atom is 0.338 e. The van der Waals surface area contributed by atoms with Gasteiger partial charge in [-0.2, -0.15) is 0 Å². The van der Waals surface area contributed by atoms with E-state index in [-0.39, 0.29) is 36.2 Å². The Labute approximate surface area is 204 Å². The van der Waals surface area contributed by atoms with Crippen LogP contribution in [-0.2, 0) is 28.2 Å². The van der Waals surface area contributed by atoms with Crippen molar-refractivity contribution in [2.45, 2.75) is 83.3 Å². The molecule has 1 saturated heterocycles. The molecule has 7 nitrogen and oxygen atoms in total. The summed E-state index contributed by atoms with van der Waals surface area (Å²) in [6.07, 6.45) is 2.43.